The van der Waals surface area contributed by atoms with Crippen molar-refractivity contribution in [2.75, 3.05) is 0 Å². The maximum Gasteiger partial charge on any atom is 0.248 e. The first kappa shape index (κ1) is 14.6. The second-order valence-electron chi connectivity index (χ2n) is 4.37. The average Bonchev–Trinajstić information content (AvgIpc) is 3.00. The van der Waals surface area contributed by atoms with Crippen LogP contribution < -0.4 is 0 Å². The number of rotatable bonds is 3. The predicted octanol–water partition coefficient (Wildman–Crippen LogP) is 5.61. The molecular formula is C15H9BrCl2N2O. The molecular weight excluding hydrogens is 375 g/mol. The zero-order valence-electron chi connectivity index (χ0n) is 10.7. The molecule has 2 aromatic carbocycles. The Balaban J connectivity index is 1.93. The minimum absolute atomic E-state index is 0.410. The second-order valence-corrected chi connectivity index (χ2v) is 5.75. The molecule has 6 heteroatoms. The van der Waals surface area contributed by atoms with E-state index in [0.29, 0.717) is 21.8 Å². The highest BCUT2D eigenvalue weighted by Crippen LogP contribution is 2.29. The van der Waals surface area contributed by atoms with Crippen LogP contribution in [-0.2, 0) is 5.33 Å². The molecule has 106 valence electrons. The van der Waals surface area contributed by atoms with Gasteiger partial charge in [0.25, 0.3) is 0 Å². The largest absolute Gasteiger partial charge is 0.416 e. The molecule has 3 nitrogen and oxygen atoms in total. The Morgan fingerprint density at radius 3 is 2.10 bits per heavy atom. The molecule has 0 aliphatic carbocycles. The van der Waals surface area contributed by atoms with Gasteiger partial charge in [-0.2, -0.15) is 0 Å². The fourth-order valence-electron chi connectivity index (χ4n) is 1.82. The molecule has 0 atom stereocenters. The first-order valence-corrected chi connectivity index (χ1v) is 7.99. The van der Waals surface area contributed by atoms with Crippen LogP contribution in [0.3, 0.4) is 0 Å². The van der Waals surface area contributed by atoms with E-state index < -0.39 is 0 Å². The highest BCUT2D eigenvalue weighted by atomic mass is 79.9. The lowest BCUT2D eigenvalue weighted by Gasteiger charge is -1.99. The van der Waals surface area contributed by atoms with Gasteiger partial charge in [-0.15, -0.1) is 10.2 Å². The third kappa shape index (κ3) is 3.12. The average molecular weight is 384 g/mol. The van der Waals surface area contributed by atoms with E-state index in [2.05, 4.69) is 26.1 Å². The summed E-state index contributed by atoms with van der Waals surface area (Å²) in [5, 5.41) is 9.87. The van der Waals surface area contributed by atoms with Gasteiger partial charge in [-0.05, 0) is 35.9 Å². The molecule has 0 saturated heterocycles. The number of nitrogens with zero attached hydrogens (tertiary/aromatic N) is 2. The Kier molecular flexibility index (Phi) is 4.29. The number of alkyl halides is 1. The maximum atomic E-state index is 5.99. The topological polar surface area (TPSA) is 38.9 Å². The summed E-state index contributed by atoms with van der Waals surface area (Å²) in [6.45, 7) is 0. The predicted molar refractivity (Wildman–Crippen MR) is 87.8 cm³/mol. The van der Waals surface area contributed by atoms with Crippen molar-refractivity contribution in [3.8, 4) is 22.9 Å². The summed E-state index contributed by atoms with van der Waals surface area (Å²) in [6, 6.07) is 13.1. The van der Waals surface area contributed by atoms with Crippen molar-refractivity contribution in [1.82, 2.24) is 10.2 Å². The molecule has 0 bridgehead atoms. The number of benzene rings is 2. The number of hydrogen-bond acceptors (Lipinski definition) is 3. The van der Waals surface area contributed by atoms with Gasteiger partial charge in [-0.25, -0.2) is 0 Å². The third-order valence-corrected chi connectivity index (χ3v) is 4.33. The highest BCUT2D eigenvalue weighted by molar-refractivity contribution is 9.08. The summed E-state index contributed by atoms with van der Waals surface area (Å²) < 4.78 is 5.69. The molecule has 1 aromatic heterocycles. The monoisotopic (exact) mass is 382 g/mol. The zero-order valence-corrected chi connectivity index (χ0v) is 13.8. The second kappa shape index (κ2) is 6.18. The first-order valence-electron chi connectivity index (χ1n) is 6.11. The fourth-order valence-corrected chi connectivity index (χ4v) is 2.49. The molecule has 0 unspecified atom stereocenters. The van der Waals surface area contributed by atoms with E-state index in [-0.39, 0.29) is 0 Å². The van der Waals surface area contributed by atoms with Crippen molar-refractivity contribution in [2.45, 2.75) is 5.33 Å². The van der Waals surface area contributed by atoms with Gasteiger partial charge in [0.15, 0.2) is 0 Å². The van der Waals surface area contributed by atoms with E-state index in [1.54, 1.807) is 18.2 Å². The summed E-state index contributed by atoms with van der Waals surface area (Å²) >= 11 is 15.3. The van der Waals surface area contributed by atoms with E-state index >= 15 is 0 Å². The SMILES string of the molecule is Clc1ccc(-c2nnc(-c3ccc(CBr)cc3)o2)cc1Cl. The van der Waals surface area contributed by atoms with Crippen molar-refractivity contribution < 1.29 is 4.42 Å². The molecule has 21 heavy (non-hydrogen) atoms. The normalized spacial score (nSPS) is 10.8. The van der Waals surface area contributed by atoms with Crippen LogP contribution in [0.1, 0.15) is 5.56 Å². The van der Waals surface area contributed by atoms with Crippen LogP contribution in [0.4, 0.5) is 0 Å². The van der Waals surface area contributed by atoms with Crippen LogP contribution >= 0.6 is 39.1 Å². The van der Waals surface area contributed by atoms with E-state index in [4.69, 9.17) is 27.6 Å². The van der Waals surface area contributed by atoms with Crippen molar-refractivity contribution in [2.24, 2.45) is 0 Å². The Bertz CT molecular complexity index is 772. The van der Waals surface area contributed by atoms with Crippen molar-refractivity contribution in [3.05, 3.63) is 58.1 Å². The Morgan fingerprint density at radius 1 is 0.857 bits per heavy atom. The first-order chi connectivity index (χ1) is 10.2. The van der Waals surface area contributed by atoms with Crippen LogP contribution in [0.2, 0.25) is 10.0 Å². The lowest BCUT2D eigenvalue weighted by atomic mass is 10.1. The molecule has 0 saturated carbocycles. The lowest BCUT2D eigenvalue weighted by Crippen LogP contribution is -1.80. The van der Waals surface area contributed by atoms with E-state index in [1.807, 2.05) is 24.3 Å². The van der Waals surface area contributed by atoms with E-state index in [0.717, 1.165) is 16.5 Å². The zero-order chi connectivity index (χ0) is 14.8. The van der Waals surface area contributed by atoms with E-state index in [9.17, 15) is 0 Å². The summed E-state index contributed by atoms with van der Waals surface area (Å²) in [6.07, 6.45) is 0. The smallest absolute Gasteiger partial charge is 0.248 e. The third-order valence-electron chi connectivity index (χ3n) is 2.95. The molecule has 0 aliphatic heterocycles. The molecule has 0 aliphatic rings. The van der Waals surface area contributed by atoms with E-state index in [1.165, 1.54) is 5.56 Å². The van der Waals surface area contributed by atoms with Crippen LogP contribution in [0.5, 0.6) is 0 Å². The molecule has 0 amide bonds. The lowest BCUT2D eigenvalue weighted by molar-refractivity contribution is 0.584. The van der Waals surface area contributed by atoms with Gasteiger partial charge in [0.1, 0.15) is 0 Å². The van der Waals surface area contributed by atoms with Gasteiger partial charge in [-0.3, -0.25) is 0 Å². The van der Waals surface area contributed by atoms with Crippen LogP contribution in [0.15, 0.2) is 46.9 Å². The number of aromatic nitrogens is 2. The summed E-state index contributed by atoms with van der Waals surface area (Å²) in [5.41, 5.74) is 2.79. The van der Waals surface area contributed by atoms with Crippen LogP contribution in [0, 0.1) is 0 Å². The van der Waals surface area contributed by atoms with Crippen molar-refractivity contribution in [1.29, 1.82) is 0 Å². The minimum Gasteiger partial charge on any atom is -0.416 e. The molecule has 3 aromatic rings. The van der Waals surface area contributed by atoms with Crippen LogP contribution in [-0.4, -0.2) is 10.2 Å². The molecule has 0 N–H and O–H groups in total. The van der Waals surface area contributed by atoms with Gasteiger partial charge in [0.05, 0.1) is 10.0 Å². The molecule has 0 spiro atoms. The van der Waals surface area contributed by atoms with Gasteiger partial charge in [-0.1, -0.05) is 51.3 Å². The Labute approximate surface area is 140 Å². The number of halogens is 3. The van der Waals surface area contributed by atoms with Gasteiger partial charge in [0.2, 0.25) is 11.8 Å². The molecule has 0 radical (unpaired) electrons. The summed E-state index contributed by atoms with van der Waals surface area (Å²) in [7, 11) is 0. The van der Waals surface area contributed by atoms with Crippen molar-refractivity contribution in [3.63, 3.8) is 0 Å². The van der Waals surface area contributed by atoms with Gasteiger partial charge in [0, 0.05) is 16.5 Å². The van der Waals surface area contributed by atoms with Gasteiger partial charge < -0.3 is 4.42 Å². The Hall–Kier alpha value is -1.36. The van der Waals surface area contributed by atoms with Crippen LogP contribution in [0.25, 0.3) is 22.9 Å². The Morgan fingerprint density at radius 2 is 1.48 bits per heavy atom. The summed E-state index contributed by atoms with van der Waals surface area (Å²) in [5.74, 6) is 0.880. The fraction of sp³-hybridized carbons (Fsp3) is 0.0667. The molecule has 0 fully saturated rings. The highest BCUT2D eigenvalue weighted by Gasteiger charge is 2.11. The molecule has 1 heterocycles. The quantitative estimate of drug-likeness (QED) is 0.552. The maximum absolute atomic E-state index is 5.99. The molecule has 3 rings (SSSR count). The standard InChI is InChI=1S/C15H9BrCl2N2O/c16-8-9-1-3-10(4-2-9)14-19-20-15(21-14)11-5-6-12(17)13(18)7-11/h1-7H,8H2. The number of hydrogen-bond donors (Lipinski definition) is 0. The van der Waals surface area contributed by atoms with Gasteiger partial charge >= 0.3 is 0 Å². The van der Waals surface area contributed by atoms with Crippen molar-refractivity contribution >= 4 is 39.1 Å². The summed E-state index contributed by atoms with van der Waals surface area (Å²) in [4.78, 5) is 0. The minimum atomic E-state index is 0.410.